The van der Waals surface area contributed by atoms with Crippen LogP contribution in [0.5, 0.6) is 0 Å². The lowest BCUT2D eigenvalue weighted by Gasteiger charge is -2.16. The molecule has 2 aliphatic rings. The van der Waals surface area contributed by atoms with E-state index in [9.17, 15) is 4.79 Å². The zero-order valence-electron chi connectivity index (χ0n) is 9.24. The number of carbonyl (C=O) groups is 1. The summed E-state index contributed by atoms with van der Waals surface area (Å²) in [4.78, 5) is 11.6. The third-order valence-corrected chi connectivity index (χ3v) is 4.48. The van der Waals surface area contributed by atoms with Gasteiger partial charge in [-0.3, -0.25) is 4.79 Å². The Labute approximate surface area is 95.9 Å². The summed E-state index contributed by atoms with van der Waals surface area (Å²) >= 11 is 1.52. The van der Waals surface area contributed by atoms with E-state index in [1.54, 1.807) is 0 Å². The first-order valence-electron chi connectivity index (χ1n) is 5.92. The number of hydrogen-bond donors (Lipinski definition) is 1. The Bertz CT molecular complexity index is 264. The van der Waals surface area contributed by atoms with Gasteiger partial charge in [0.05, 0.1) is 0 Å². The Morgan fingerprint density at radius 1 is 1.47 bits per heavy atom. The summed E-state index contributed by atoms with van der Waals surface area (Å²) in [6, 6.07) is 0. The molecule has 84 valence electrons. The van der Waals surface area contributed by atoms with Gasteiger partial charge in [-0.1, -0.05) is 37.3 Å². The number of hydrogen-bond acceptors (Lipinski definition) is 2. The van der Waals surface area contributed by atoms with Crippen LogP contribution in [0.15, 0.2) is 12.2 Å². The maximum atomic E-state index is 11.6. The van der Waals surface area contributed by atoms with Crippen LogP contribution in [-0.4, -0.2) is 17.0 Å². The quantitative estimate of drug-likeness (QED) is 0.588. The van der Waals surface area contributed by atoms with Crippen molar-refractivity contribution >= 4 is 17.0 Å². The van der Waals surface area contributed by atoms with Crippen LogP contribution in [0.4, 0.5) is 4.79 Å². The summed E-state index contributed by atoms with van der Waals surface area (Å²) in [5.74, 6) is 1.42. The minimum absolute atomic E-state index is 0.175. The van der Waals surface area contributed by atoms with Crippen molar-refractivity contribution in [3.63, 3.8) is 0 Å². The molecule has 2 aliphatic carbocycles. The predicted octanol–water partition coefficient (Wildman–Crippen LogP) is 3.19. The van der Waals surface area contributed by atoms with Gasteiger partial charge in [0.2, 0.25) is 0 Å². The van der Waals surface area contributed by atoms with Crippen LogP contribution >= 0.6 is 11.8 Å². The van der Waals surface area contributed by atoms with Crippen molar-refractivity contribution < 1.29 is 4.79 Å². The second kappa shape index (κ2) is 5.06. The molecule has 1 amide bonds. The molecule has 1 fully saturated rings. The van der Waals surface area contributed by atoms with Gasteiger partial charge in [-0.25, -0.2) is 0 Å². The molecule has 3 unspecified atom stereocenters. The summed E-state index contributed by atoms with van der Waals surface area (Å²) in [7, 11) is 0. The molecule has 15 heavy (non-hydrogen) atoms. The molecule has 2 nitrogen and oxygen atoms in total. The van der Waals surface area contributed by atoms with Gasteiger partial charge in [-0.15, -0.1) is 0 Å². The molecular formula is C12H19NOS. The smallest absolute Gasteiger partial charge is 0.279 e. The molecule has 2 rings (SSSR count). The topological polar surface area (TPSA) is 29.1 Å². The summed E-state index contributed by atoms with van der Waals surface area (Å²) in [6.45, 7) is 2.97. The van der Waals surface area contributed by atoms with E-state index in [-0.39, 0.29) is 5.24 Å². The highest BCUT2D eigenvalue weighted by atomic mass is 32.2. The Hall–Kier alpha value is -0.440. The summed E-state index contributed by atoms with van der Waals surface area (Å²) in [5.41, 5.74) is 0. The molecule has 0 saturated heterocycles. The van der Waals surface area contributed by atoms with Gasteiger partial charge in [0.15, 0.2) is 0 Å². The standard InChI is InChI=1S/C12H19NOS/c1-2-3-6-13-12(14)15-11-8-9-4-5-10(11)7-9/h4-5,9-11H,2-3,6-8H2,1H3,(H,13,14). The number of amides is 1. The van der Waals surface area contributed by atoms with Crippen molar-refractivity contribution in [1.29, 1.82) is 0 Å². The fourth-order valence-electron chi connectivity index (χ4n) is 2.41. The number of carbonyl (C=O) groups excluding carboxylic acids is 1. The lowest BCUT2D eigenvalue weighted by atomic mass is 10.1. The Balaban J connectivity index is 1.69. The highest BCUT2D eigenvalue weighted by Gasteiger charge is 2.37. The van der Waals surface area contributed by atoms with E-state index in [2.05, 4.69) is 24.4 Å². The lowest BCUT2D eigenvalue weighted by Crippen LogP contribution is -2.23. The SMILES string of the molecule is CCCCNC(=O)SC1CC2C=CC1C2. The maximum absolute atomic E-state index is 11.6. The largest absolute Gasteiger partial charge is 0.347 e. The molecule has 0 aromatic heterocycles. The zero-order chi connectivity index (χ0) is 10.7. The van der Waals surface area contributed by atoms with Gasteiger partial charge >= 0.3 is 0 Å². The number of thioether (sulfide) groups is 1. The molecular weight excluding hydrogens is 206 g/mol. The van der Waals surface area contributed by atoms with E-state index >= 15 is 0 Å². The van der Waals surface area contributed by atoms with Gasteiger partial charge in [0, 0.05) is 11.8 Å². The van der Waals surface area contributed by atoms with Crippen molar-refractivity contribution in [2.24, 2.45) is 11.8 Å². The number of rotatable bonds is 4. The Morgan fingerprint density at radius 2 is 2.33 bits per heavy atom. The molecule has 1 N–H and O–H groups in total. The second-order valence-electron chi connectivity index (χ2n) is 4.50. The Morgan fingerprint density at radius 3 is 2.93 bits per heavy atom. The van der Waals surface area contributed by atoms with Crippen molar-refractivity contribution in [2.75, 3.05) is 6.54 Å². The normalized spacial score (nSPS) is 32.2. The van der Waals surface area contributed by atoms with Gasteiger partial charge in [-0.05, 0) is 31.1 Å². The average molecular weight is 225 g/mol. The minimum atomic E-state index is 0.175. The van der Waals surface area contributed by atoms with E-state index in [4.69, 9.17) is 0 Å². The van der Waals surface area contributed by atoms with Gasteiger partial charge < -0.3 is 5.32 Å². The van der Waals surface area contributed by atoms with Crippen LogP contribution < -0.4 is 5.32 Å². The molecule has 0 heterocycles. The first kappa shape index (κ1) is 11.1. The van der Waals surface area contributed by atoms with E-state index in [1.807, 2.05) is 0 Å². The third kappa shape index (κ3) is 2.77. The van der Waals surface area contributed by atoms with E-state index in [0.717, 1.165) is 25.3 Å². The van der Waals surface area contributed by atoms with Gasteiger partial charge in [0.1, 0.15) is 0 Å². The number of allylic oxidation sites excluding steroid dienone is 2. The Kier molecular flexibility index (Phi) is 3.73. The van der Waals surface area contributed by atoms with Crippen molar-refractivity contribution in [3.8, 4) is 0 Å². The fourth-order valence-corrected chi connectivity index (χ4v) is 3.59. The maximum Gasteiger partial charge on any atom is 0.279 e. The molecule has 3 heteroatoms. The molecule has 3 atom stereocenters. The molecule has 2 bridgehead atoms. The van der Waals surface area contributed by atoms with Crippen molar-refractivity contribution in [3.05, 3.63) is 12.2 Å². The van der Waals surface area contributed by atoms with E-state index in [1.165, 1.54) is 24.6 Å². The van der Waals surface area contributed by atoms with Crippen LogP contribution in [0.3, 0.4) is 0 Å². The van der Waals surface area contributed by atoms with E-state index < -0.39 is 0 Å². The molecule has 0 spiro atoms. The lowest BCUT2D eigenvalue weighted by molar-refractivity contribution is 0.260. The van der Waals surface area contributed by atoms with E-state index in [0.29, 0.717) is 11.2 Å². The minimum Gasteiger partial charge on any atom is -0.347 e. The molecule has 0 aliphatic heterocycles. The highest BCUT2D eigenvalue weighted by molar-refractivity contribution is 8.14. The molecule has 0 aromatic carbocycles. The molecule has 0 aromatic rings. The first-order valence-corrected chi connectivity index (χ1v) is 6.80. The van der Waals surface area contributed by atoms with Crippen molar-refractivity contribution in [2.45, 2.75) is 37.9 Å². The van der Waals surface area contributed by atoms with Crippen LogP contribution in [0.1, 0.15) is 32.6 Å². The summed E-state index contributed by atoms with van der Waals surface area (Å²) < 4.78 is 0. The molecule has 1 saturated carbocycles. The van der Waals surface area contributed by atoms with Crippen LogP contribution in [0, 0.1) is 11.8 Å². The van der Waals surface area contributed by atoms with Gasteiger partial charge in [0.25, 0.3) is 5.24 Å². The number of fused-ring (bicyclic) bond motifs is 2. The van der Waals surface area contributed by atoms with Crippen LogP contribution in [0.2, 0.25) is 0 Å². The van der Waals surface area contributed by atoms with Crippen LogP contribution in [0.25, 0.3) is 0 Å². The number of nitrogens with one attached hydrogen (secondary N) is 1. The summed E-state index contributed by atoms with van der Waals surface area (Å²) in [5, 5.41) is 3.69. The molecule has 0 radical (unpaired) electrons. The number of unbranched alkanes of at least 4 members (excludes halogenated alkanes) is 1. The third-order valence-electron chi connectivity index (χ3n) is 3.28. The van der Waals surface area contributed by atoms with Crippen LogP contribution in [-0.2, 0) is 0 Å². The predicted molar refractivity (Wildman–Crippen MR) is 65.0 cm³/mol. The summed E-state index contributed by atoms with van der Waals surface area (Å²) in [6.07, 6.45) is 9.32. The monoisotopic (exact) mass is 225 g/mol. The fraction of sp³-hybridized carbons (Fsp3) is 0.750. The highest BCUT2D eigenvalue weighted by Crippen LogP contribution is 2.44. The van der Waals surface area contributed by atoms with Gasteiger partial charge in [-0.2, -0.15) is 0 Å². The zero-order valence-corrected chi connectivity index (χ0v) is 10.1. The second-order valence-corrected chi connectivity index (χ2v) is 5.72. The first-order chi connectivity index (χ1) is 7.29. The van der Waals surface area contributed by atoms with Crippen molar-refractivity contribution in [1.82, 2.24) is 5.32 Å². The average Bonchev–Trinajstić information content (AvgIpc) is 2.79.